The van der Waals surface area contributed by atoms with Crippen LogP contribution in [0.15, 0.2) is 6.07 Å². The monoisotopic (exact) mass is 311 g/mol. The number of alkyl halides is 3. The highest BCUT2D eigenvalue weighted by Gasteiger charge is 2.33. The number of aliphatic hydroxyl groups is 1. The van der Waals surface area contributed by atoms with Gasteiger partial charge in [0, 0.05) is 19.2 Å². The summed E-state index contributed by atoms with van der Waals surface area (Å²) in [6, 6.07) is 0.827. The molecule has 1 aromatic heterocycles. The van der Waals surface area contributed by atoms with Crippen LogP contribution in [0.5, 0.6) is 0 Å². The fourth-order valence-corrected chi connectivity index (χ4v) is 2.02. The second kappa shape index (κ2) is 7.64. The Balaban J connectivity index is 2.74. The van der Waals surface area contributed by atoms with Crippen molar-refractivity contribution in [3.8, 4) is 0 Å². The molecule has 8 heteroatoms. The van der Waals surface area contributed by atoms with E-state index < -0.39 is 17.2 Å². The predicted octanol–water partition coefficient (Wildman–Crippen LogP) is 3.36. The molecule has 2 N–H and O–H groups in total. The Morgan fingerprint density at radius 1 is 1.35 bits per heavy atom. The van der Waals surface area contributed by atoms with E-state index in [1.807, 2.05) is 6.92 Å². The number of aromatic nitrogens is 2. The predicted molar refractivity (Wildman–Crippen MR) is 70.6 cm³/mol. The van der Waals surface area contributed by atoms with Crippen LogP contribution in [0, 0.1) is 5.92 Å². The third-order valence-electron chi connectivity index (χ3n) is 2.80. The summed E-state index contributed by atoms with van der Waals surface area (Å²) in [5.41, 5.74) is -1.07. The van der Waals surface area contributed by atoms with Gasteiger partial charge in [-0.05, 0) is 30.4 Å². The molecule has 114 valence electrons. The standard InChI is InChI=1S/C12H17ClF3N3O/c1-2-3-8(4-5-20)7-17-10-6-9(12(14,15)16)18-11(13)19-10/h6,8,20H,2-5,7H2,1H3,(H,17,18,19). The molecule has 0 aliphatic carbocycles. The maximum absolute atomic E-state index is 12.6. The van der Waals surface area contributed by atoms with Crippen molar-refractivity contribution in [3.63, 3.8) is 0 Å². The Labute approximate surface area is 120 Å². The fourth-order valence-electron chi connectivity index (χ4n) is 1.84. The van der Waals surface area contributed by atoms with E-state index in [0.29, 0.717) is 13.0 Å². The molecule has 1 atom stereocenters. The Morgan fingerprint density at radius 3 is 2.60 bits per heavy atom. The van der Waals surface area contributed by atoms with E-state index in [1.165, 1.54) is 0 Å². The lowest BCUT2D eigenvalue weighted by Crippen LogP contribution is -2.17. The molecular weight excluding hydrogens is 295 g/mol. The van der Waals surface area contributed by atoms with Gasteiger partial charge in [0.15, 0.2) is 5.69 Å². The zero-order valence-corrected chi connectivity index (χ0v) is 11.8. The van der Waals surface area contributed by atoms with Crippen molar-refractivity contribution in [2.75, 3.05) is 18.5 Å². The molecule has 0 bridgehead atoms. The van der Waals surface area contributed by atoms with E-state index in [-0.39, 0.29) is 18.3 Å². The minimum absolute atomic E-state index is 0.0383. The quantitative estimate of drug-likeness (QED) is 0.758. The van der Waals surface area contributed by atoms with E-state index >= 15 is 0 Å². The maximum Gasteiger partial charge on any atom is 0.433 e. The van der Waals surface area contributed by atoms with Crippen LogP contribution in [0.2, 0.25) is 5.28 Å². The van der Waals surface area contributed by atoms with Crippen LogP contribution in [0.25, 0.3) is 0 Å². The highest BCUT2D eigenvalue weighted by molar-refractivity contribution is 6.28. The summed E-state index contributed by atoms with van der Waals surface area (Å²) in [7, 11) is 0. The van der Waals surface area contributed by atoms with E-state index in [1.54, 1.807) is 0 Å². The Hall–Kier alpha value is -1.08. The Kier molecular flexibility index (Phi) is 6.48. The average Bonchev–Trinajstić information content (AvgIpc) is 2.35. The SMILES string of the molecule is CCCC(CCO)CNc1cc(C(F)(F)F)nc(Cl)n1. The molecule has 0 aliphatic heterocycles. The van der Waals surface area contributed by atoms with E-state index in [0.717, 1.165) is 18.9 Å². The first-order valence-electron chi connectivity index (χ1n) is 6.33. The first-order chi connectivity index (χ1) is 9.36. The summed E-state index contributed by atoms with van der Waals surface area (Å²) in [6.45, 7) is 2.48. The highest BCUT2D eigenvalue weighted by atomic mass is 35.5. The van der Waals surface area contributed by atoms with Gasteiger partial charge in [-0.3, -0.25) is 0 Å². The number of nitrogens with zero attached hydrogens (tertiary/aromatic N) is 2. The average molecular weight is 312 g/mol. The number of rotatable bonds is 7. The highest BCUT2D eigenvalue weighted by Crippen LogP contribution is 2.29. The van der Waals surface area contributed by atoms with Gasteiger partial charge in [-0.25, -0.2) is 9.97 Å². The molecule has 0 saturated carbocycles. The minimum Gasteiger partial charge on any atom is -0.396 e. The molecule has 0 aliphatic rings. The molecule has 1 heterocycles. The Bertz CT molecular complexity index is 423. The summed E-state index contributed by atoms with van der Waals surface area (Å²) in [6.07, 6.45) is -2.16. The van der Waals surface area contributed by atoms with Gasteiger partial charge in [0.2, 0.25) is 5.28 Å². The summed E-state index contributed by atoms with van der Waals surface area (Å²) < 4.78 is 37.7. The van der Waals surface area contributed by atoms with Crippen LogP contribution in [-0.4, -0.2) is 28.2 Å². The maximum atomic E-state index is 12.6. The van der Waals surface area contributed by atoms with Crippen LogP contribution < -0.4 is 5.32 Å². The van der Waals surface area contributed by atoms with Crippen molar-refractivity contribution >= 4 is 17.4 Å². The molecule has 0 saturated heterocycles. The molecule has 0 fully saturated rings. The van der Waals surface area contributed by atoms with Crippen LogP contribution in [0.1, 0.15) is 31.9 Å². The van der Waals surface area contributed by atoms with Crippen LogP contribution in [-0.2, 0) is 6.18 Å². The number of hydrogen-bond acceptors (Lipinski definition) is 4. The molecule has 1 aromatic rings. The van der Waals surface area contributed by atoms with Gasteiger partial charge in [0.05, 0.1) is 0 Å². The number of nitrogens with one attached hydrogen (secondary N) is 1. The molecule has 0 amide bonds. The second-order valence-corrected chi connectivity index (χ2v) is 4.79. The third-order valence-corrected chi connectivity index (χ3v) is 2.96. The van der Waals surface area contributed by atoms with E-state index in [9.17, 15) is 13.2 Å². The summed E-state index contributed by atoms with van der Waals surface area (Å²) in [5, 5.41) is 11.3. The van der Waals surface area contributed by atoms with Crippen molar-refractivity contribution in [3.05, 3.63) is 17.0 Å². The molecule has 1 unspecified atom stereocenters. The van der Waals surface area contributed by atoms with Crippen molar-refractivity contribution in [2.24, 2.45) is 5.92 Å². The number of hydrogen-bond donors (Lipinski definition) is 2. The molecule has 0 aromatic carbocycles. The van der Waals surface area contributed by atoms with E-state index in [2.05, 4.69) is 15.3 Å². The third kappa shape index (κ3) is 5.50. The zero-order chi connectivity index (χ0) is 15.2. The van der Waals surface area contributed by atoms with Crippen molar-refractivity contribution in [1.82, 2.24) is 9.97 Å². The molecule has 4 nitrogen and oxygen atoms in total. The molecule has 1 rings (SSSR count). The van der Waals surface area contributed by atoms with Gasteiger partial charge in [0.25, 0.3) is 0 Å². The normalized spacial score (nSPS) is 13.3. The largest absolute Gasteiger partial charge is 0.433 e. The van der Waals surface area contributed by atoms with Crippen molar-refractivity contribution in [1.29, 1.82) is 0 Å². The van der Waals surface area contributed by atoms with Gasteiger partial charge in [-0.15, -0.1) is 0 Å². The fraction of sp³-hybridized carbons (Fsp3) is 0.667. The first kappa shape index (κ1) is 17.0. The lowest BCUT2D eigenvalue weighted by atomic mass is 10.0. The number of aliphatic hydroxyl groups excluding tert-OH is 1. The molecular formula is C12H17ClF3N3O. The Morgan fingerprint density at radius 2 is 2.05 bits per heavy atom. The summed E-state index contributed by atoms with van der Waals surface area (Å²) >= 11 is 5.49. The lowest BCUT2D eigenvalue weighted by molar-refractivity contribution is -0.141. The summed E-state index contributed by atoms with van der Waals surface area (Å²) in [4.78, 5) is 6.87. The van der Waals surface area contributed by atoms with Crippen LogP contribution in [0.4, 0.5) is 19.0 Å². The minimum atomic E-state index is -4.56. The van der Waals surface area contributed by atoms with Gasteiger partial charge in [-0.2, -0.15) is 13.2 Å². The van der Waals surface area contributed by atoms with Gasteiger partial charge in [0.1, 0.15) is 5.82 Å². The van der Waals surface area contributed by atoms with E-state index in [4.69, 9.17) is 16.7 Å². The molecule has 20 heavy (non-hydrogen) atoms. The van der Waals surface area contributed by atoms with Crippen molar-refractivity contribution in [2.45, 2.75) is 32.4 Å². The zero-order valence-electron chi connectivity index (χ0n) is 11.0. The molecule has 0 radical (unpaired) electrons. The second-order valence-electron chi connectivity index (χ2n) is 4.45. The summed E-state index contributed by atoms with van der Waals surface area (Å²) in [5.74, 6) is 0.212. The number of anilines is 1. The van der Waals surface area contributed by atoms with Gasteiger partial charge < -0.3 is 10.4 Å². The van der Waals surface area contributed by atoms with Crippen LogP contribution in [0.3, 0.4) is 0 Å². The van der Waals surface area contributed by atoms with Crippen molar-refractivity contribution < 1.29 is 18.3 Å². The number of halogens is 4. The topological polar surface area (TPSA) is 58.0 Å². The van der Waals surface area contributed by atoms with Gasteiger partial charge >= 0.3 is 6.18 Å². The van der Waals surface area contributed by atoms with Gasteiger partial charge in [-0.1, -0.05) is 13.3 Å². The molecule has 0 spiro atoms. The lowest BCUT2D eigenvalue weighted by Gasteiger charge is -2.16. The van der Waals surface area contributed by atoms with Crippen LogP contribution >= 0.6 is 11.6 Å². The smallest absolute Gasteiger partial charge is 0.396 e. The first-order valence-corrected chi connectivity index (χ1v) is 6.71.